The van der Waals surface area contributed by atoms with Crippen LogP contribution >= 0.6 is 0 Å². The van der Waals surface area contributed by atoms with Crippen LogP contribution in [-0.4, -0.2) is 68.8 Å². The van der Waals surface area contributed by atoms with Gasteiger partial charge < -0.3 is 19.7 Å². The van der Waals surface area contributed by atoms with Crippen molar-refractivity contribution in [3.05, 3.63) is 0 Å². The summed E-state index contributed by atoms with van der Waals surface area (Å²) in [5.41, 5.74) is 0. The van der Waals surface area contributed by atoms with Crippen LogP contribution in [0, 0.1) is 5.92 Å². The third-order valence-electron chi connectivity index (χ3n) is 4.44. The first-order valence-corrected chi connectivity index (χ1v) is 9.65. The Hall–Kier alpha value is -0.490. The Balaban J connectivity index is 1.87. The molecule has 1 rings (SSSR count). The highest BCUT2D eigenvalue weighted by Crippen LogP contribution is 2.10. The Bertz CT molecular complexity index is 327. The van der Waals surface area contributed by atoms with E-state index in [0.29, 0.717) is 44.1 Å². The molecular weight excluding hydrogens is 304 g/mol. The van der Waals surface area contributed by atoms with E-state index in [0.717, 1.165) is 32.7 Å². The molecule has 0 bridgehead atoms. The molecule has 0 radical (unpaired) electrons. The van der Waals surface area contributed by atoms with Gasteiger partial charge in [-0.25, -0.2) is 0 Å². The third-order valence-corrected chi connectivity index (χ3v) is 4.44. The molecule has 0 amide bonds. The van der Waals surface area contributed by atoms with Crippen LogP contribution in [0.5, 0.6) is 0 Å². The van der Waals surface area contributed by atoms with Gasteiger partial charge in [-0.1, -0.05) is 27.7 Å². The summed E-state index contributed by atoms with van der Waals surface area (Å²) in [6.07, 6.45) is 3.91. The van der Waals surface area contributed by atoms with Crippen molar-refractivity contribution in [1.82, 2.24) is 10.2 Å². The molecule has 0 spiro atoms. The predicted molar refractivity (Wildman–Crippen MR) is 98.5 cm³/mol. The molecule has 24 heavy (non-hydrogen) atoms. The van der Waals surface area contributed by atoms with Gasteiger partial charge in [0, 0.05) is 37.6 Å². The lowest BCUT2D eigenvalue weighted by Crippen LogP contribution is -2.45. The highest BCUT2D eigenvalue weighted by atomic mass is 16.5. The molecule has 1 saturated heterocycles. The number of ketones is 1. The lowest BCUT2D eigenvalue weighted by atomic mass is 10.0. The van der Waals surface area contributed by atoms with Gasteiger partial charge in [0.25, 0.3) is 0 Å². The minimum absolute atomic E-state index is 0.138. The maximum atomic E-state index is 11.5. The van der Waals surface area contributed by atoms with Gasteiger partial charge in [-0.3, -0.25) is 4.79 Å². The molecule has 142 valence electrons. The SMILES string of the molecule is CC(C)NC1CCN(CCOCCOCCCC(=O)C(C)C)CC1. The second kappa shape index (κ2) is 12.8. The van der Waals surface area contributed by atoms with Crippen molar-refractivity contribution in [3.8, 4) is 0 Å². The minimum Gasteiger partial charge on any atom is -0.379 e. The largest absolute Gasteiger partial charge is 0.379 e. The number of Topliss-reactive ketones (excluding diaryl/α,β-unsaturated/α-hetero) is 1. The summed E-state index contributed by atoms with van der Waals surface area (Å²) < 4.78 is 11.2. The maximum absolute atomic E-state index is 11.5. The molecule has 1 N–H and O–H groups in total. The number of carbonyl (C=O) groups is 1. The summed E-state index contributed by atoms with van der Waals surface area (Å²) in [4.78, 5) is 13.9. The van der Waals surface area contributed by atoms with E-state index in [1.807, 2.05) is 13.8 Å². The van der Waals surface area contributed by atoms with E-state index in [1.54, 1.807) is 0 Å². The van der Waals surface area contributed by atoms with Crippen LogP contribution in [0.1, 0.15) is 53.4 Å². The maximum Gasteiger partial charge on any atom is 0.135 e. The Kier molecular flexibility index (Phi) is 11.5. The summed E-state index contributed by atoms with van der Waals surface area (Å²) >= 11 is 0. The molecule has 0 unspecified atom stereocenters. The van der Waals surface area contributed by atoms with Crippen LogP contribution in [-0.2, 0) is 14.3 Å². The Labute approximate surface area is 148 Å². The van der Waals surface area contributed by atoms with E-state index in [9.17, 15) is 4.79 Å². The van der Waals surface area contributed by atoms with E-state index in [4.69, 9.17) is 9.47 Å². The van der Waals surface area contributed by atoms with Crippen LogP contribution in [0.2, 0.25) is 0 Å². The van der Waals surface area contributed by atoms with Gasteiger partial charge in [-0.15, -0.1) is 0 Å². The number of ether oxygens (including phenoxy) is 2. The number of piperidine rings is 1. The Morgan fingerprint density at radius 3 is 2.25 bits per heavy atom. The summed E-state index contributed by atoms with van der Waals surface area (Å²) in [6, 6.07) is 1.26. The average Bonchev–Trinajstić information content (AvgIpc) is 2.54. The van der Waals surface area contributed by atoms with E-state index >= 15 is 0 Å². The molecule has 0 aliphatic carbocycles. The van der Waals surface area contributed by atoms with E-state index < -0.39 is 0 Å². The van der Waals surface area contributed by atoms with Crippen molar-refractivity contribution < 1.29 is 14.3 Å². The number of nitrogens with one attached hydrogen (secondary N) is 1. The van der Waals surface area contributed by atoms with Crippen molar-refractivity contribution in [1.29, 1.82) is 0 Å². The van der Waals surface area contributed by atoms with Crippen LogP contribution in [0.3, 0.4) is 0 Å². The molecule has 1 fully saturated rings. The van der Waals surface area contributed by atoms with E-state index in [1.165, 1.54) is 12.8 Å². The number of hydrogen-bond acceptors (Lipinski definition) is 5. The van der Waals surface area contributed by atoms with Gasteiger partial charge in [0.15, 0.2) is 0 Å². The van der Waals surface area contributed by atoms with Crippen molar-refractivity contribution >= 4 is 5.78 Å². The second-order valence-electron chi connectivity index (χ2n) is 7.39. The van der Waals surface area contributed by atoms with Crippen LogP contribution in [0.15, 0.2) is 0 Å². The molecule has 0 aromatic carbocycles. The number of carbonyl (C=O) groups excluding carboxylic acids is 1. The van der Waals surface area contributed by atoms with Crippen LogP contribution in [0.4, 0.5) is 0 Å². The fraction of sp³-hybridized carbons (Fsp3) is 0.947. The van der Waals surface area contributed by atoms with Gasteiger partial charge >= 0.3 is 0 Å². The second-order valence-corrected chi connectivity index (χ2v) is 7.39. The number of nitrogens with zero attached hydrogens (tertiary/aromatic N) is 1. The summed E-state index contributed by atoms with van der Waals surface area (Å²) in [5.74, 6) is 0.460. The van der Waals surface area contributed by atoms with Gasteiger partial charge in [-0.05, 0) is 32.4 Å². The molecule has 0 saturated carbocycles. The smallest absolute Gasteiger partial charge is 0.135 e. The average molecular weight is 343 g/mol. The Morgan fingerprint density at radius 2 is 1.67 bits per heavy atom. The summed E-state index contributed by atoms with van der Waals surface area (Å²) in [5, 5.41) is 3.62. The summed E-state index contributed by atoms with van der Waals surface area (Å²) in [6.45, 7) is 14.3. The van der Waals surface area contributed by atoms with E-state index in [2.05, 4.69) is 24.1 Å². The highest BCUT2D eigenvalue weighted by molar-refractivity contribution is 5.80. The fourth-order valence-electron chi connectivity index (χ4n) is 2.95. The molecule has 1 heterocycles. The number of rotatable bonds is 13. The summed E-state index contributed by atoms with van der Waals surface area (Å²) in [7, 11) is 0. The molecule has 5 nitrogen and oxygen atoms in total. The minimum atomic E-state index is 0.138. The van der Waals surface area contributed by atoms with E-state index in [-0.39, 0.29) is 5.92 Å². The zero-order chi connectivity index (χ0) is 17.8. The molecule has 0 aromatic heterocycles. The topological polar surface area (TPSA) is 50.8 Å². The lowest BCUT2D eigenvalue weighted by molar-refractivity contribution is -0.122. The molecule has 1 aliphatic heterocycles. The quantitative estimate of drug-likeness (QED) is 0.521. The third kappa shape index (κ3) is 10.4. The van der Waals surface area contributed by atoms with Crippen molar-refractivity contribution in [2.45, 2.75) is 65.5 Å². The predicted octanol–water partition coefficient (Wildman–Crippen LogP) is 2.49. The first-order chi connectivity index (χ1) is 11.5. The van der Waals surface area contributed by atoms with Crippen molar-refractivity contribution in [3.63, 3.8) is 0 Å². The normalized spacial score (nSPS) is 17.1. The zero-order valence-corrected chi connectivity index (χ0v) is 16.2. The standard InChI is InChI=1S/C19H38N2O3/c1-16(2)19(22)6-5-12-23-14-15-24-13-11-21-9-7-18(8-10-21)20-17(3)4/h16-18,20H,5-15H2,1-4H3. The zero-order valence-electron chi connectivity index (χ0n) is 16.2. The fourth-order valence-corrected chi connectivity index (χ4v) is 2.95. The first kappa shape index (κ1) is 21.6. The first-order valence-electron chi connectivity index (χ1n) is 9.65. The van der Waals surface area contributed by atoms with Gasteiger partial charge in [-0.2, -0.15) is 0 Å². The number of hydrogen-bond donors (Lipinski definition) is 1. The van der Waals surface area contributed by atoms with Crippen LogP contribution < -0.4 is 5.32 Å². The van der Waals surface area contributed by atoms with Crippen molar-refractivity contribution in [2.75, 3.05) is 46.1 Å². The van der Waals surface area contributed by atoms with Gasteiger partial charge in [0.1, 0.15) is 5.78 Å². The molecular formula is C19H38N2O3. The highest BCUT2D eigenvalue weighted by Gasteiger charge is 2.18. The molecule has 5 heteroatoms. The molecule has 1 aliphatic rings. The number of likely N-dealkylation sites (tertiary alicyclic amines) is 1. The van der Waals surface area contributed by atoms with Gasteiger partial charge in [0.05, 0.1) is 19.8 Å². The van der Waals surface area contributed by atoms with Crippen molar-refractivity contribution in [2.24, 2.45) is 5.92 Å². The molecule has 0 aromatic rings. The Morgan fingerprint density at radius 1 is 1.04 bits per heavy atom. The molecule has 0 atom stereocenters. The lowest BCUT2D eigenvalue weighted by Gasteiger charge is -2.33. The van der Waals surface area contributed by atoms with Gasteiger partial charge in [0.2, 0.25) is 0 Å². The van der Waals surface area contributed by atoms with Crippen LogP contribution in [0.25, 0.3) is 0 Å². The monoisotopic (exact) mass is 342 g/mol.